The van der Waals surface area contributed by atoms with Crippen molar-refractivity contribution in [2.75, 3.05) is 14.2 Å². The molecule has 0 amide bonds. The Hall–Kier alpha value is -2.99. The molecule has 6 heteroatoms. The second kappa shape index (κ2) is 9.71. The Labute approximate surface area is 206 Å². The Morgan fingerprint density at radius 2 is 1.44 bits per heavy atom. The van der Waals surface area contributed by atoms with E-state index in [9.17, 15) is 4.79 Å². The lowest BCUT2D eigenvalue weighted by molar-refractivity contribution is -0.114. The molecule has 0 fully saturated rings. The topological polar surface area (TPSA) is 60.2 Å². The maximum atomic E-state index is 13.5. The predicted molar refractivity (Wildman–Crippen MR) is 140 cm³/mol. The summed E-state index contributed by atoms with van der Waals surface area (Å²) in [5, 5.41) is 11.1. The fourth-order valence-electron chi connectivity index (χ4n) is 3.66. The molecule has 1 aromatic heterocycles. The van der Waals surface area contributed by atoms with Gasteiger partial charge in [0.25, 0.3) is 0 Å². The SMILES string of the molecule is COc1csc(C(N=Nc2ccc(C)cc2)=C2C=C(C(C)(C)C)C(=O)C(C(C)(C)C)=C2)c1OC. The zero-order valence-electron chi connectivity index (χ0n) is 21.6. The van der Waals surface area contributed by atoms with Crippen LogP contribution in [0.15, 0.2) is 68.7 Å². The van der Waals surface area contributed by atoms with Gasteiger partial charge in [0.15, 0.2) is 17.3 Å². The maximum Gasteiger partial charge on any atom is 0.186 e. The van der Waals surface area contributed by atoms with Crippen molar-refractivity contribution in [2.45, 2.75) is 48.5 Å². The number of carbonyl (C=O) groups excluding carboxylic acids is 1. The van der Waals surface area contributed by atoms with E-state index < -0.39 is 0 Å². The first-order valence-electron chi connectivity index (χ1n) is 11.3. The number of methoxy groups -OCH3 is 2. The number of nitrogens with zero attached hydrogens (tertiary/aromatic N) is 2. The minimum absolute atomic E-state index is 0.0781. The summed E-state index contributed by atoms with van der Waals surface area (Å²) in [7, 11) is 3.23. The number of thiophene rings is 1. The van der Waals surface area contributed by atoms with Crippen molar-refractivity contribution < 1.29 is 14.3 Å². The number of ketones is 1. The van der Waals surface area contributed by atoms with E-state index in [2.05, 4.69) is 46.7 Å². The monoisotopic (exact) mass is 478 g/mol. The lowest BCUT2D eigenvalue weighted by atomic mass is 9.71. The van der Waals surface area contributed by atoms with Gasteiger partial charge in [-0.3, -0.25) is 4.79 Å². The molecule has 1 aromatic carbocycles. The number of rotatable bonds is 5. The van der Waals surface area contributed by atoms with Crippen LogP contribution in [0, 0.1) is 17.8 Å². The number of carbonyl (C=O) groups is 1. The lowest BCUT2D eigenvalue weighted by Crippen LogP contribution is -2.28. The Morgan fingerprint density at radius 3 is 1.91 bits per heavy atom. The first-order valence-corrected chi connectivity index (χ1v) is 12.2. The molecule has 0 radical (unpaired) electrons. The molecule has 0 atom stereocenters. The van der Waals surface area contributed by atoms with Crippen molar-refractivity contribution in [2.24, 2.45) is 21.1 Å². The van der Waals surface area contributed by atoms with E-state index in [-0.39, 0.29) is 16.6 Å². The number of aryl methyl sites for hydroxylation is 1. The van der Waals surface area contributed by atoms with Gasteiger partial charge in [-0.25, -0.2) is 0 Å². The molecule has 0 saturated carbocycles. The molecule has 1 heterocycles. The van der Waals surface area contributed by atoms with Crippen molar-refractivity contribution in [3.05, 3.63) is 69.0 Å². The fourth-order valence-corrected chi connectivity index (χ4v) is 4.65. The van der Waals surface area contributed by atoms with E-state index in [1.54, 1.807) is 14.2 Å². The molecule has 2 aromatic rings. The average molecular weight is 479 g/mol. The van der Waals surface area contributed by atoms with Gasteiger partial charge in [0.1, 0.15) is 10.6 Å². The molecule has 0 N–H and O–H groups in total. The van der Waals surface area contributed by atoms with Crippen molar-refractivity contribution in [3.63, 3.8) is 0 Å². The van der Waals surface area contributed by atoms with Crippen LogP contribution in [-0.2, 0) is 4.79 Å². The Kier molecular flexibility index (Phi) is 7.32. The molecule has 0 saturated heterocycles. The first kappa shape index (κ1) is 25.6. The summed E-state index contributed by atoms with van der Waals surface area (Å²) in [6.07, 6.45) is 3.90. The largest absolute Gasteiger partial charge is 0.492 e. The van der Waals surface area contributed by atoms with Gasteiger partial charge in [-0.2, -0.15) is 5.11 Å². The molecule has 0 aliphatic heterocycles. The zero-order chi connectivity index (χ0) is 25.3. The lowest BCUT2D eigenvalue weighted by Gasteiger charge is -2.31. The highest BCUT2D eigenvalue weighted by atomic mass is 32.1. The van der Waals surface area contributed by atoms with Crippen LogP contribution in [0.1, 0.15) is 52.0 Å². The van der Waals surface area contributed by atoms with Gasteiger partial charge >= 0.3 is 0 Å². The third-order valence-electron chi connectivity index (χ3n) is 5.63. The van der Waals surface area contributed by atoms with Crippen molar-refractivity contribution in [1.29, 1.82) is 0 Å². The maximum absolute atomic E-state index is 13.5. The van der Waals surface area contributed by atoms with Crippen LogP contribution in [-0.4, -0.2) is 20.0 Å². The minimum Gasteiger partial charge on any atom is -0.492 e. The van der Waals surface area contributed by atoms with Gasteiger partial charge in [-0.1, -0.05) is 59.2 Å². The Morgan fingerprint density at radius 1 is 0.882 bits per heavy atom. The summed E-state index contributed by atoms with van der Waals surface area (Å²) in [6, 6.07) is 7.88. The Balaban J connectivity index is 2.34. The number of allylic oxidation sites excluding steroid dienone is 5. The number of ether oxygens (including phenoxy) is 2. The molecular weight excluding hydrogens is 444 g/mol. The van der Waals surface area contributed by atoms with E-state index >= 15 is 0 Å². The molecule has 1 aliphatic carbocycles. The van der Waals surface area contributed by atoms with Gasteiger partial charge in [0.2, 0.25) is 0 Å². The molecule has 5 nitrogen and oxygen atoms in total. The summed E-state index contributed by atoms with van der Waals surface area (Å²) in [6.45, 7) is 14.4. The normalized spacial score (nSPS) is 14.9. The van der Waals surface area contributed by atoms with Gasteiger partial charge in [0.05, 0.1) is 19.9 Å². The molecule has 0 unspecified atom stereocenters. The van der Waals surface area contributed by atoms with Crippen LogP contribution in [0.5, 0.6) is 11.5 Å². The smallest absolute Gasteiger partial charge is 0.186 e. The fraction of sp³-hybridized carbons (Fsp3) is 0.393. The average Bonchev–Trinajstić information content (AvgIpc) is 3.17. The van der Waals surface area contributed by atoms with Crippen LogP contribution >= 0.6 is 11.3 Å². The van der Waals surface area contributed by atoms with Crippen LogP contribution in [0.25, 0.3) is 5.70 Å². The molecule has 0 bridgehead atoms. The van der Waals surface area contributed by atoms with Crippen LogP contribution in [0.2, 0.25) is 0 Å². The van der Waals surface area contributed by atoms with E-state index in [0.717, 1.165) is 32.8 Å². The van der Waals surface area contributed by atoms with Gasteiger partial charge in [-0.15, -0.1) is 16.5 Å². The minimum atomic E-state index is -0.330. The van der Waals surface area contributed by atoms with Crippen molar-refractivity contribution in [3.8, 4) is 11.5 Å². The van der Waals surface area contributed by atoms with Crippen molar-refractivity contribution >= 4 is 28.5 Å². The highest BCUT2D eigenvalue weighted by Gasteiger charge is 2.35. The van der Waals surface area contributed by atoms with E-state index in [1.807, 2.05) is 48.7 Å². The van der Waals surface area contributed by atoms with E-state index in [0.29, 0.717) is 17.2 Å². The molecule has 0 spiro atoms. The van der Waals surface area contributed by atoms with E-state index in [4.69, 9.17) is 14.6 Å². The molecule has 34 heavy (non-hydrogen) atoms. The number of benzene rings is 1. The highest BCUT2D eigenvalue weighted by molar-refractivity contribution is 7.11. The standard InChI is InChI=1S/C28H34N2O3S/c1-17-10-12-19(13-11-17)29-30-23(26-25(33-9)22(32-8)16-34-26)18-14-20(27(2,3)4)24(31)21(15-18)28(5,6)7/h10-16H,1-9H3. The second-order valence-electron chi connectivity index (χ2n) is 10.5. The van der Waals surface area contributed by atoms with E-state index in [1.165, 1.54) is 11.3 Å². The molecule has 3 rings (SSSR count). The van der Waals surface area contributed by atoms with Crippen LogP contribution in [0.4, 0.5) is 5.69 Å². The number of hydrogen-bond acceptors (Lipinski definition) is 6. The van der Waals surface area contributed by atoms with Gasteiger partial charge in [0, 0.05) is 22.1 Å². The number of azo groups is 1. The van der Waals surface area contributed by atoms with Crippen molar-refractivity contribution in [1.82, 2.24) is 0 Å². The third-order valence-corrected chi connectivity index (χ3v) is 6.58. The predicted octanol–water partition coefficient (Wildman–Crippen LogP) is 8.10. The second-order valence-corrected chi connectivity index (χ2v) is 11.3. The number of Topliss-reactive ketones (excluding diaryl/α,β-unsaturated/α-hetero) is 1. The highest BCUT2D eigenvalue weighted by Crippen LogP contribution is 2.46. The summed E-state index contributed by atoms with van der Waals surface area (Å²) in [5.41, 5.74) is 4.21. The summed E-state index contributed by atoms with van der Waals surface area (Å²) >= 11 is 1.48. The summed E-state index contributed by atoms with van der Waals surface area (Å²) in [5.74, 6) is 1.32. The third kappa shape index (κ3) is 5.39. The zero-order valence-corrected chi connectivity index (χ0v) is 22.4. The molecule has 180 valence electrons. The first-order chi connectivity index (χ1) is 15.9. The van der Waals surface area contributed by atoms with Gasteiger partial charge < -0.3 is 9.47 Å². The quantitative estimate of drug-likeness (QED) is 0.408. The van der Waals surface area contributed by atoms with Crippen LogP contribution in [0.3, 0.4) is 0 Å². The Bertz CT molecular complexity index is 1160. The van der Waals surface area contributed by atoms with Crippen LogP contribution < -0.4 is 9.47 Å². The number of hydrogen-bond donors (Lipinski definition) is 0. The van der Waals surface area contributed by atoms with Gasteiger partial charge in [-0.05, 0) is 42.0 Å². The molecular formula is C28H34N2O3S. The summed E-state index contributed by atoms with van der Waals surface area (Å²) < 4.78 is 11.2. The summed E-state index contributed by atoms with van der Waals surface area (Å²) in [4.78, 5) is 14.3. The molecule has 1 aliphatic rings.